The molecule has 7 nitrogen and oxygen atoms in total. The van der Waals surface area contributed by atoms with Gasteiger partial charge >= 0.3 is 5.97 Å². The van der Waals surface area contributed by atoms with Crippen LogP contribution in [0.5, 0.6) is 0 Å². The summed E-state index contributed by atoms with van der Waals surface area (Å²) >= 11 is 1.42. The summed E-state index contributed by atoms with van der Waals surface area (Å²) < 4.78 is 6.50. The standard InChI is InChI=1S/C20H17N3O4S/c24-17(11-5-3-6-12(11)20(25)26)22-19-15(13-4-1-2-7-14(13)28-19)18-21-16(23-27-18)10-8-9-10/h1-2,4,7,10H,3,5-6,8-9H2,(H,22,24)(H,25,26). The van der Waals surface area contributed by atoms with E-state index in [9.17, 15) is 14.7 Å². The molecule has 0 saturated heterocycles. The van der Waals surface area contributed by atoms with Crippen LogP contribution in [0.25, 0.3) is 21.5 Å². The number of aromatic nitrogens is 2. The predicted octanol–water partition coefficient (Wildman–Crippen LogP) is 4.33. The maximum absolute atomic E-state index is 12.8. The van der Waals surface area contributed by atoms with Gasteiger partial charge in [-0.15, -0.1) is 11.3 Å². The zero-order chi connectivity index (χ0) is 19.3. The van der Waals surface area contributed by atoms with Crippen LogP contribution in [0, 0.1) is 0 Å². The lowest BCUT2D eigenvalue weighted by atomic mass is 10.1. The third-order valence-electron chi connectivity index (χ3n) is 5.17. The van der Waals surface area contributed by atoms with Crippen LogP contribution >= 0.6 is 11.3 Å². The minimum absolute atomic E-state index is 0.203. The molecular formula is C20H17N3O4S. The molecule has 2 heterocycles. The largest absolute Gasteiger partial charge is 0.478 e. The van der Waals surface area contributed by atoms with E-state index in [1.165, 1.54) is 11.3 Å². The second kappa shape index (κ2) is 6.56. The fourth-order valence-corrected chi connectivity index (χ4v) is 4.69. The number of amides is 1. The highest BCUT2D eigenvalue weighted by Crippen LogP contribution is 2.44. The molecule has 3 aromatic rings. The SMILES string of the molecule is O=C(O)C1=C(C(=O)Nc2sc3ccccc3c2-c2nc(C3CC3)no2)CCC1. The first-order chi connectivity index (χ1) is 13.6. The summed E-state index contributed by atoms with van der Waals surface area (Å²) in [5.41, 5.74) is 1.25. The molecule has 0 atom stereocenters. The number of carboxylic acids is 1. The van der Waals surface area contributed by atoms with Gasteiger partial charge in [0.05, 0.1) is 5.56 Å². The second-order valence-electron chi connectivity index (χ2n) is 7.10. The summed E-state index contributed by atoms with van der Waals surface area (Å²) in [4.78, 5) is 28.8. The summed E-state index contributed by atoms with van der Waals surface area (Å²) in [6.45, 7) is 0. The summed E-state index contributed by atoms with van der Waals surface area (Å²) in [5.74, 6) is 0.0553. The molecule has 8 heteroatoms. The average molecular weight is 395 g/mol. The molecule has 0 spiro atoms. The van der Waals surface area contributed by atoms with Crippen molar-refractivity contribution in [2.75, 3.05) is 5.32 Å². The Labute approximate surface area is 164 Å². The summed E-state index contributed by atoms with van der Waals surface area (Å²) in [6.07, 6.45) is 3.71. The Morgan fingerprint density at radius 1 is 1.18 bits per heavy atom. The van der Waals surface area contributed by atoms with Crippen LogP contribution in [-0.4, -0.2) is 27.1 Å². The summed E-state index contributed by atoms with van der Waals surface area (Å²) in [7, 11) is 0. The molecule has 1 amide bonds. The van der Waals surface area contributed by atoms with Crippen molar-refractivity contribution in [3.05, 3.63) is 41.2 Å². The van der Waals surface area contributed by atoms with Gasteiger partial charge in [-0.25, -0.2) is 4.79 Å². The van der Waals surface area contributed by atoms with Crippen molar-refractivity contribution in [2.45, 2.75) is 38.0 Å². The van der Waals surface area contributed by atoms with Crippen LogP contribution < -0.4 is 5.32 Å². The zero-order valence-electron chi connectivity index (χ0n) is 14.9. The van der Waals surface area contributed by atoms with Gasteiger partial charge in [0.2, 0.25) is 0 Å². The fraction of sp³-hybridized carbons (Fsp3) is 0.300. The minimum atomic E-state index is -1.02. The highest BCUT2D eigenvalue weighted by Gasteiger charge is 2.31. The number of carboxylic acid groups (broad SMARTS) is 1. The first kappa shape index (κ1) is 17.1. The van der Waals surface area contributed by atoms with Crippen molar-refractivity contribution in [3.8, 4) is 11.5 Å². The topological polar surface area (TPSA) is 105 Å². The number of fused-ring (bicyclic) bond motifs is 1. The predicted molar refractivity (Wildman–Crippen MR) is 104 cm³/mol. The molecule has 0 radical (unpaired) electrons. The van der Waals surface area contributed by atoms with Crippen LogP contribution in [0.1, 0.15) is 43.8 Å². The number of thiophene rings is 1. The molecule has 1 fully saturated rings. The lowest BCUT2D eigenvalue weighted by molar-refractivity contribution is -0.133. The van der Waals surface area contributed by atoms with E-state index in [4.69, 9.17) is 4.52 Å². The molecule has 0 bridgehead atoms. The third kappa shape index (κ3) is 2.90. The zero-order valence-corrected chi connectivity index (χ0v) is 15.7. The molecule has 2 aromatic heterocycles. The molecule has 2 N–H and O–H groups in total. The molecule has 0 unspecified atom stereocenters. The van der Waals surface area contributed by atoms with Crippen LogP contribution in [-0.2, 0) is 9.59 Å². The van der Waals surface area contributed by atoms with Crippen LogP contribution in [0.4, 0.5) is 5.00 Å². The lowest BCUT2D eigenvalue weighted by Crippen LogP contribution is -2.16. The van der Waals surface area contributed by atoms with Crippen molar-refractivity contribution in [1.29, 1.82) is 0 Å². The van der Waals surface area contributed by atoms with E-state index in [0.717, 1.165) is 22.9 Å². The van der Waals surface area contributed by atoms with Gasteiger partial charge in [-0.2, -0.15) is 4.98 Å². The van der Waals surface area contributed by atoms with Gasteiger partial charge < -0.3 is 14.9 Å². The van der Waals surface area contributed by atoms with Crippen LogP contribution in [0.3, 0.4) is 0 Å². The first-order valence-corrected chi connectivity index (χ1v) is 10.1. The Hall–Kier alpha value is -3.00. The van der Waals surface area contributed by atoms with Gasteiger partial charge in [0.1, 0.15) is 5.00 Å². The summed E-state index contributed by atoms with van der Waals surface area (Å²) in [6, 6.07) is 7.77. The average Bonchev–Trinajstić information content (AvgIpc) is 3.10. The quantitative estimate of drug-likeness (QED) is 0.666. The minimum Gasteiger partial charge on any atom is -0.478 e. The number of nitrogens with one attached hydrogen (secondary N) is 1. The Balaban J connectivity index is 1.56. The normalized spacial score (nSPS) is 16.7. The van der Waals surface area contributed by atoms with E-state index >= 15 is 0 Å². The van der Waals surface area contributed by atoms with Crippen molar-refractivity contribution in [3.63, 3.8) is 0 Å². The number of aliphatic carboxylic acids is 1. The fourth-order valence-electron chi connectivity index (χ4n) is 3.60. The number of rotatable bonds is 5. The Bertz CT molecular complexity index is 1140. The number of carbonyl (C=O) groups excluding carboxylic acids is 1. The second-order valence-corrected chi connectivity index (χ2v) is 8.16. The number of carbonyl (C=O) groups is 2. The van der Waals surface area contributed by atoms with Gasteiger partial charge in [-0.05, 0) is 38.2 Å². The number of hydrogen-bond donors (Lipinski definition) is 2. The maximum Gasteiger partial charge on any atom is 0.332 e. The monoisotopic (exact) mass is 395 g/mol. The van der Waals surface area contributed by atoms with E-state index < -0.39 is 5.97 Å². The Morgan fingerprint density at radius 3 is 2.75 bits per heavy atom. The van der Waals surface area contributed by atoms with Crippen molar-refractivity contribution >= 4 is 38.3 Å². The molecule has 1 saturated carbocycles. The number of anilines is 1. The smallest absolute Gasteiger partial charge is 0.332 e. The molecule has 1 aromatic carbocycles. The number of hydrogen-bond acceptors (Lipinski definition) is 6. The Kier molecular flexibility index (Phi) is 4.01. The van der Waals surface area contributed by atoms with E-state index in [0.29, 0.717) is 53.0 Å². The molecule has 2 aliphatic carbocycles. The van der Waals surface area contributed by atoms with E-state index in [-0.39, 0.29) is 11.5 Å². The molecule has 0 aliphatic heterocycles. The van der Waals surface area contributed by atoms with Gasteiger partial charge in [-0.1, -0.05) is 23.4 Å². The van der Waals surface area contributed by atoms with Gasteiger partial charge in [-0.3, -0.25) is 4.79 Å². The van der Waals surface area contributed by atoms with E-state index in [2.05, 4.69) is 15.5 Å². The van der Waals surface area contributed by atoms with Gasteiger partial charge in [0, 0.05) is 27.2 Å². The van der Waals surface area contributed by atoms with Crippen molar-refractivity contribution < 1.29 is 19.2 Å². The Morgan fingerprint density at radius 2 is 1.96 bits per heavy atom. The maximum atomic E-state index is 12.8. The van der Waals surface area contributed by atoms with Gasteiger partial charge in [0.25, 0.3) is 11.8 Å². The highest BCUT2D eigenvalue weighted by atomic mass is 32.1. The van der Waals surface area contributed by atoms with Crippen molar-refractivity contribution in [2.24, 2.45) is 0 Å². The summed E-state index contributed by atoms with van der Waals surface area (Å²) in [5, 5.41) is 17.9. The van der Waals surface area contributed by atoms with Crippen molar-refractivity contribution in [1.82, 2.24) is 10.1 Å². The number of benzene rings is 1. The molecule has 28 heavy (non-hydrogen) atoms. The molecule has 2 aliphatic rings. The van der Waals surface area contributed by atoms with E-state index in [1.54, 1.807) is 0 Å². The first-order valence-electron chi connectivity index (χ1n) is 9.24. The number of nitrogens with zero attached hydrogens (tertiary/aromatic N) is 2. The van der Waals surface area contributed by atoms with E-state index in [1.807, 2.05) is 24.3 Å². The third-order valence-corrected chi connectivity index (χ3v) is 6.26. The van der Waals surface area contributed by atoms with Crippen LogP contribution in [0.15, 0.2) is 39.9 Å². The molecule has 142 valence electrons. The lowest BCUT2D eigenvalue weighted by Gasteiger charge is -2.06. The van der Waals surface area contributed by atoms with Crippen LogP contribution in [0.2, 0.25) is 0 Å². The molecular weight excluding hydrogens is 378 g/mol. The molecule has 5 rings (SSSR count). The van der Waals surface area contributed by atoms with Gasteiger partial charge in [0.15, 0.2) is 5.82 Å². The highest BCUT2D eigenvalue weighted by molar-refractivity contribution is 7.23.